The van der Waals surface area contributed by atoms with E-state index in [1.807, 2.05) is 6.07 Å². The monoisotopic (exact) mass is 347 g/mol. The summed E-state index contributed by atoms with van der Waals surface area (Å²) in [4.78, 5) is 12.9. The minimum absolute atomic E-state index is 0.104. The van der Waals surface area contributed by atoms with Crippen LogP contribution in [0.3, 0.4) is 0 Å². The average Bonchev–Trinajstić information content (AvgIpc) is 3.02. The van der Waals surface area contributed by atoms with Gasteiger partial charge in [0.2, 0.25) is 0 Å². The Kier molecular flexibility index (Phi) is 3.85. The molecule has 0 unspecified atom stereocenters. The van der Waals surface area contributed by atoms with Crippen LogP contribution < -0.4 is 5.73 Å². The van der Waals surface area contributed by atoms with E-state index in [-0.39, 0.29) is 18.2 Å². The van der Waals surface area contributed by atoms with Crippen LogP contribution in [0.4, 0.5) is 4.39 Å². The third-order valence-electron chi connectivity index (χ3n) is 3.96. The first kappa shape index (κ1) is 15.8. The number of amidine groups is 1. The quantitative estimate of drug-likeness (QED) is 0.435. The molecule has 3 heterocycles. The molecular formula is C18H14FN7. The molecule has 0 spiro atoms. The van der Waals surface area contributed by atoms with Crippen molar-refractivity contribution in [3.05, 3.63) is 71.9 Å². The number of halogens is 1. The summed E-state index contributed by atoms with van der Waals surface area (Å²) in [5.74, 6) is -0.0101. The molecule has 8 heteroatoms. The molecule has 0 radical (unpaired) electrons. The lowest BCUT2D eigenvalue weighted by molar-refractivity contribution is 0.589. The third-order valence-corrected chi connectivity index (χ3v) is 3.96. The molecule has 0 amide bonds. The van der Waals surface area contributed by atoms with Crippen molar-refractivity contribution >= 4 is 16.9 Å². The van der Waals surface area contributed by atoms with Crippen molar-refractivity contribution in [1.82, 2.24) is 24.7 Å². The van der Waals surface area contributed by atoms with Gasteiger partial charge in [-0.25, -0.2) is 24.0 Å². The van der Waals surface area contributed by atoms with Crippen molar-refractivity contribution < 1.29 is 4.39 Å². The van der Waals surface area contributed by atoms with E-state index in [0.29, 0.717) is 28.3 Å². The summed E-state index contributed by atoms with van der Waals surface area (Å²) in [5, 5.41) is 12.7. The summed E-state index contributed by atoms with van der Waals surface area (Å²) >= 11 is 0. The Morgan fingerprint density at radius 1 is 1.08 bits per heavy atom. The van der Waals surface area contributed by atoms with E-state index >= 15 is 0 Å². The fourth-order valence-corrected chi connectivity index (χ4v) is 2.66. The number of nitrogens with two attached hydrogens (primary N) is 1. The zero-order valence-corrected chi connectivity index (χ0v) is 13.6. The van der Waals surface area contributed by atoms with Crippen LogP contribution in [0.15, 0.2) is 55.0 Å². The zero-order chi connectivity index (χ0) is 18.1. The van der Waals surface area contributed by atoms with Crippen molar-refractivity contribution in [2.45, 2.75) is 6.54 Å². The highest BCUT2D eigenvalue weighted by Crippen LogP contribution is 2.25. The standard InChI is InChI=1S/C18H14FN7/c19-14-6-2-1-4-11(14)10-26-18-13(5-3-7-22-18)15(25-26)17-23-8-12(9-24-17)16(20)21/h1-9H,10H2,(H3,20,21). The molecule has 128 valence electrons. The van der Waals surface area contributed by atoms with Gasteiger partial charge in [-0.15, -0.1) is 0 Å². The van der Waals surface area contributed by atoms with Crippen molar-refractivity contribution in [2.24, 2.45) is 5.73 Å². The predicted molar refractivity (Wildman–Crippen MR) is 95.1 cm³/mol. The molecule has 0 aliphatic carbocycles. The number of nitrogen functional groups attached to an aromatic ring is 1. The minimum atomic E-state index is -0.296. The number of nitrogens with zero attached hydrogens (tertiary/aromatic N) is 5. The first-order chi connectivity index (χ1) is 12.6. The van der Waals surface area contributed by atoms with E-state index in [1.165, 1.54) is 18.5 Å². The zero-order valence-electron chi connectivity index (χ0n) is 13.6. The molecule has 0 fully saturated rings. The van der Waals surface area contributed by atoms with Crippen LogP contribution in [-0.4, -0.2) is 30.6 Å². The topological polar surface area (TPSA) is 106 Å². The Morgan fingerprint density at radius 3 is 2.58 bits per heavy atom. The Hall–Kier alpha value is -3.68. The second-order valence-electron chi connectivity index (χ2n) is 5.68. The summed E-state index contributed by atoms with van der Waals surface area (Å²) in [7, 11) is 0. The van der Waals surface area contributed by atoms with Crippen molar-refractivity contribution in [1.29, 1.82) is 5.41 Å². The van der Waals surface area contributed by atoms with Crippen LogP contribution in [0.25, 0.3) is 22.6 Å². The molecule has 0 atom stereocenters. The molecule has 0 saturated carbocycles. The first-order valence-corrected chi connectivity index (χ1v) is 7.85. The minimum Gasteiger partial charge on any atom is -0.384 e. The summed E-state index contributed by atoms with van der Waals surface area (Å²) in [6, 6.07) is 10.2. The van der Waals surface area contributed by atoms with Gasteiger partial charge in [0, 0.05) is 24.2 Å². The summed E-state index contributed by atoms with van der Waals surface area (Å²) in [5.41, 5.74) is 7.54. The molecule has 0 saturated heterocycles. The molecule has 3 N–H and O–H groups in total. The Balaban J connectivity index is 1.81. The normalized spacial score (nSPS) is 11.0. The fraction of sp³-hybridized carbons (Fsp3) is 0.0556. The summed E-state index contributed by atoms with van der Waals surface area (Å²) in [6.07, 6.45) is 4.61. The second kappa shape index (κ2) is 6.32. The highest BCUT2D eigenvalue weighted by Gasteiger charge is 2.16. The lowest BCUT2D eigenvalue weighted by Gasteiger charge is -2.04. The van der Waals surface area contributed by atoms with Crippen molar-refractivity contribution in [3.8, 4) is 11.5 Å². The van der Waals surface area contributed by atoms with Gasteiger partial charge in [0.15, 0.2) is 11.5 Å². The Labute approximate surface area is 147 Å². The van der Waals surface area contributed by atoms with Gasteiger partial charge in [-0.2, -0.15) is 5.10 Å². The lowest BCUT2D eigenvalue weighted by Crippen LogP contribution is -2.12. The fourth-order valence-electron chi connectivity index (χ4n) is 2.66. The van der Waals surface area contributed by atoms with E-state index in [1.54, 1.807) is 35.1 Å². The maximum Gasteiger partial charge on any atom is 0.180 e. The van der Waals surface area contributed by atoms with E-state index in [0.717, 1.165) is 5.39 Å². The summed E-state index contributed by atoms with van der Waals surface area (Å²) in [6.45, 7) is 0.242. The lowest BCUT2D eigenvalue weighted by atomic mass is 10.2. The van der Waals surface area contributed by atoms with E-state index in [9.17, 15) is 4.39 Å². The van der Waals surface area contributed by atoms with Gasteiger partial charge in [-0.05, 0) is 18.2 Å². The largest absolute Gasteiger partial charge is 0.384 e. The van der Waals surface area contributed by atoms with Crippen LogP contribution in [0.5, 0.6) is 0 Å². The number of benzene rings is 1. The summed E-state index contributed by atoms with van der Waals surface area (Å²) < 4.78 is 15.6. The first-order valence-electron chi connectivity index (χ1n) is 7.85. The van der Waals surface area contributed by atoms with Crippen molar-refractivity contribution in [2.75, 3.05) is 0 Å². The number of hydrogen-bond acceptors (Lipinski definition) is 5. The number of rotatable bonds is 4. The van der Waals surface area contributed by atoms with E-state index < -0.39 is 0 Å². The number of aromatic nitrogens is 5. The van der Waals surface area contributed by atoms with Gasteiger partial charge < -0.3 is 5.73 Å². The molecule has 3 aromatic heterocycles. The molecule has 4 rings (SSSR count). The van der Waals surface area contributed by atoms with Crippen LogP contribution in [0, 0.1) is 11.2 Å². The van der Waals surface area contributed by atoms with Crippen LogP contribution in [0.2, 0.25) is 0 Å². The number of pyridine rings is 1. The van der Waals surface area contributed by atoms with Crippen LogP contribution in [-0.2, 0) is 6.54 Å². The number of nitrogens with one attached hydrogen (secondary N) is 1. The van der Waals surface area contributed by atoms with E-state index in [4.69, 9.17) is 11.1 Å². The molecule has 26 heavy (non-hydrogen) atoms. The maximum atomic E-state index is 14.0. The SMILES string of the molecule is N=C(N)c1cnc(-c2nn(Cc3ccccc3F)c3ncccc23)nc1. The van der Waals surface area contributed by atoms with Gasteiger partial charge >= 0.3 is 0 Å². The maximum absolute atomic E-state index is 14.0. The van der Waals surface area contributed by atoms with Gasteiger partial charge in [0.1, 0.15) is 17.3 Å². The highest BCUT2D eigenvalue weighted by molar-refractivity contribution is 5.94. The van der Waals surface area contributed by atoms with Crippen LogP contribution in [0.1, 0.15) is 11.1 Å². The van der Waals surface area contributed by atoms with Gasteiger partial charge in [-0.3, -0.25) is 5.41 Å². The van der Waals surface area contributed by atoms with Gasteiger partial charge in [0.05, 0.1) is 17.5 Å². The molecular weight excluding hydrogens is 333 g/mol. The molecule has 4 aromatic rings. The van der Waals surface area contributed by atoms with Crippen LogP contribution >= 0.6 is 0 Å². The average molecular weight is 347 g/mol. The molecule has 0 aliphatic rings. The number of fused-ring (bicyclic) bond motifs is 1. The van der Waals surface area contributed by atoms with Crippen molar-refractivity contribution in [3.63, 3.8) is 0 Å². The molecule has 0 bridgehead atoms. The smallest absolute Gasteiger partial charge is 0.180 e. The highest BCUT2D eigenvalue weighted by atomic mass is 19.1. The predicted octanol–water partition coefficient (Wildman–Crippen LogP) is 2.36. The third kappa shape index (κ3) is 2.77. The molecule has 7 nitrogen and oxygen atoms in total. The molecule has 0 aliphatic heterocycles. The Morgan fingerprint density at radius 2 is 1.85 bits per heavy atom. The number of hydrogen-bond donors (Lipinski definition) is 2. The Bertz CT molecular complexity index is 1100. The van der Waals surface area contributed by atoms with E-state index in [2.05, 4.69) is 20.1 Å². The second-order valence-corrected chi connectivity index (χ2v) is 5.68. The molecule has 1 aromatic carbocycles. The van der Waals surface area contributed by atoms with Gasteiger partial charge in [-0.1, -0.05) is 18.2 Å². The van der Waals surface area contributed by atoms with Gasteiger partial charge in [0.25, 0.3) is 0 Å².